The molecule has 0 saturated carbocycles. The fraction of sp³-hybridized carbons (Fsp3) is 0.292. The van der Waals surface area contributed by atoms with E-state index in [0.717, 1.165) is 59.7 Å². The Labute approximate surface area is 180 Å². The van der Waals surface area contributed by atoms with Crippen LogP contribution in [0.5, 0.6) is 5.75 Å². The molecule has 1 aliphatic heterocycles. The van der Waals surface area contributed by atoms with Crippen molar-refractivity contribution in [2.24, 2.45) is 0 Å². The van der Waals surface area contributed by atoms with Crippen LogP contribution in [0.1, 0.15) is 18.9 Å². The Morgan fingerprint density at radius 1 is 1.00 bits per heavy atom. The van der Waals surface area contributed by atoms with Crippen molar-refractivity contribution in [3.05, 3.63) is 71.1 Å². The lowest BCUT2D eigenvalue weighted by Crippen LogP contribution is -2.36. The van der Waals surface area contributed by atoms with E-state index in [1.165, 1.54) is 0 Å². The first-order chi connectivity index (χ1) is 15.1. The molecule has 1 saturated heterocycles. The molecule has 3 aromatic heterocycles. The molecule has 7 nitrogen and oxygen atoms in total. The van der Waals surface area contributed by atoms with Gasteiger partial charge in [0.1, 0.15) is 11.4 Å². The number of aromatic nitrogens is 4. The topological polar surface area (TPSA) is 64.7 Å². The summed E-state index contributed by atoms with van der Waals surface area (Å²) in [7, 11) is 3.76. The predicted molar refractivity (Wildman–Crippen MR) is 120 cm³/mol. The van der Waals surface area contributed by atoms with Gasteiger partial charge in [0.05, 0.1) is 29.9 Å². The number of fused-ring (bicyclic) bond motifs is 1. The molecule has 0 spiro atoms. The normalized spacial score (nSPS) is 15.4. The SMILES string of the molecule is COc1ccn2nc(-c3ccccc3)c(-c3ccc(=O)n(C4CCN(C)CC4)n3)c2c1. The lowest BCUT2D eigenvalue weighted by atomic mass is 10.0. The smallest absolute Gasteiger partial charge is 0.267 e. The zero-order chi connectivity index (χ0) is 21.4. The van der Waals surface area contributed by atoms with Crippen LogP contribution in [0.4, 0.5) is 0 Å². The third-order valence-electron chi connectivity index (χ3n) is 6.00. The van der Waals surface area contributed by atoms with Gasteiger partial charge in [-0.3, -0.25) is 4.79 Å². The molecule has 1 aliphatic rings. The standard InChI is InChI=1S/C24H25N5O2/c1-27-13-10-18(11-14-27)29-22(30)9-8-20(25-29)23-21-16-19(31-2)12-15-28(21)26-24(23)17-6-4-3-5-7-17/h3-9,12,15-16,18H,10-11,13-14H2,1-2H3. The van der Waals surface area contributed by atoms with Crippen molar-refractivity contribution in [1.29, 1.82) is 0 Å². The average Bonchev–Trinajstić information content (AvgIpc) is 3.19. The first-order valence-electron chi connectivity index (χ1n) is 10.5. The summed E-state index contributed by atoms with van der Waals surface area (Å²) in [6.45, 7) is 1.93. The van der Waals surface area contributed by atoms with Crippen molar-refractivity contribution in [3.8, 4) is 28.3 Å². The number of methoxy groups -OCH3 is 1. The van der Waals surface area contributed by atoms with Crippen LogP contribution in [0.2, 0.25) is 0 Å². The van der Waals surface area contributed by atoms with E-state index < -0.39 is 0 Å². The number of nitrogens with zero attached hydrogens (tertiary/aromatic N) is 5. The second-order valence-corrected chi connectivity index (χ2v) is 8.02. The largest absolute Gasteiger partial charge is 0.497 e. The number of piperidine rings is 1. The van der Waals surface area contributed by atoms with Crippen LogP contribution in [-0.4, -0.2) is 51.5 Å². The Bertz CT molecular complexity index is 1270. The molecule has 1 aromatic carbocycles. The molecular weight excluding hydrogens is 390 g/mol. The quantitative estimate of drug-likeness (QED) is 0.510. The summed E-state index contributed by atoms with van der Waals surface area (Å²) >= 11 is 0. The number of likely N-dealkylation sites (tertiary alicyclic amines) is 1. The van der Waals surface area contributed by atoms with Gasteiger partial charge in [-0.15, -0.1) is 0 Å². The third-order valence-corrected chi connectivity index (χ3v) is 6.00. The Hall–Kier alpha value is -3.45. The van der Waals surface area contributed by atoms with Crippen molar-refractivity contribution < 1.29 is 4.74 Å². The summed E-state index contributed by atoms with van der Waals surface area (Å²) in [4.78, 5) is 15.0. The summed E-state index contributed by atoms with van der Waals surface area (Å²) in [5.41, 5.74) is 4.29. The molecule has 158 valence electrons. The minimum Gasteiger partial charge on any atom is -0.497 e. The minimum absolute atomic E-state index is 0.0615. The number of ether oxygens (including phenoxy) is 1. The summed E-state index contributed by atoms with van der Waals surface area (Å²) in [5, 5.41) is 9.68. The van der Waals surface area contributed by atoms with Crippen LogP contribution in [0.3, 0.4) is 0 Å². The van der Waals surface area contributed by atoms with E-state index in [2.05, 4.69) is 11.9 Å². The Morgan fingerprint density at radius 2 is 1.77 bits per heavy atom. The minimum atomic E-state index is -0.0615. The zero-order valence-corrected chi connectivity index (χ0v) is 17.7. The molecule has 0 unspecified atom stereocenters. The molecule has 4 heterocycles. The van der Waals surface area contributed by atoms with Crippen molar-refractivity contribution in [1.82, 2.24) is 24.3 Å². The Kier molecular flexibility index (Phi) is 5.03. The highest BCUT2D eigenvalue weighted by molar-refractivity contribution is 5.91. The Morgan fingerprint density at radius 3 is 2.52 bits per heavy atom. The zero-order valence-electron chi connectivity index (χ0n) is 17.7. The number of pyridine rings is 1. The van der Waals surface area contributed by atoms with E-state index in [9.17, 15) is 4.79 Å². The van der Waals surface area contributed by atoms with Gasteiger partial charge in [-0.2, -0.15) is 10.2 Å². The maximum Gasteiger partial charge on any atom is 0.267 e. The Balaban J connectivity index is 1.70. The highest BCUT2D eigenvalue weighted by Crippen LogP contribution is 2.35. The highest BCUT2D eigenvalue weighted by atomic mass is 16.5. The van der Waals surface area contributed by atoms with Gasteiger partial charge in [0, 0.05) is 23.9 Å². The van der Waals surface area contributed by atoms with Crippen molar-refractivity contribution >= 4 is 5.52 Å². The lowest BCUT2D eigenvalue weighted by molar-refractivity contribution is 0.208. The van der Waals surface area contributed by atoms with Gasteiger partial charge in [0.25, 0.3) is 5.56 Å². The molecule has 5 rings (SSSR count). The van der Waals surface area contributed by atoms with Gasteiger partial charge in [0.2, 0.25) is 0 Å². The first kappa shape index (κ1) is 19.5. The van der Waals surface area contributed by atoms with Gasteiger partial charge in [-0.1, -0.05) is 30.3 Å². The van der Waals surface area contributed by atoms with Gasteiger partial charge < -0.3 is 9.64 Å². The fourth-order valence-electron chi connectivity index (χ4n) is 4.26. The lowest BCUT2D eigenvalue weighted by Gasteiger charge is -2.29. The molecule has 31 heavy (non-hydrogen) atoms. The average molecular weight is 415 g/mol. The molecule has 0 aliphatic carbocycles. The number of hydrogen-bond acceptors (Lipinski definition) is 5. The maximum atomic E-state index is 12.7. The van der Waals surface area contributed by atoms with Crippen LogP contribution in [0.15, 0.2) is 65.6 Å². The first-order valence-corrected chi connectivity index (χ1v) is 10.5. The van der Waals surface area contributed by atoms with E-state index in [-0.39, 0.29) is 11.6 Å². The van der Waals surface area contributed by atoms with E-state index in [0.29, 0.717) is 0 Å². The second kappa shape index (κ2) is 8.00. The van der Waals surface area contributed by atoms with E-state index >= 15 is 0 Å². The fourth-order valence-corrected chi connectivity index (χ4v) is 4.26. The van der Waals surface area contributed by atoms with E-state index in [1.807, 2.05) is 53.2 Å². The molecular formula is C24H25N5O2. The number of benzene rings is 1. The van der Waals surface area contributed by atoms with Crippen LogP contribution in [0, 0.1) is 0 Å². The highest BCUT2D eigenvalue weighted by Gasteiger charge is 2.23. The van der Waals surface area contributed by atoms with Crippen LogP contribution in [0.25, 0.3) is 28.0 Å². The van der Waals surface area contributed by atoms with E-state index in [1.54, 1.807) is 23.9 Å². The molecule has 0 atom stereocenters. The molecule has 0 bridgehead atoms. The summed E-state index contributed by atoms with van der Waals surface area (Å²) < 4.78 is 8.96. The molecule has 0 N–H and O–H groups in total. The van der Waals surface area contributed by atoms with Crippen molar-refractivity contribution in [3.63, 3.8) is 0 Å². The van der Waals surface area contributed by atoms with Gasteiger partial charge in [0.15, 0.2) is 0 Å². The summed E-state index contributed by atoms with van der Waals surface area (Å²) in [6, 6.07) is 17.4. The number of rotatable bonds is 4. The third kappa shape index (κ3) is 3.61. The summed E-state index contributed by atoms with van der Waals surface area (Å²) in [5.74, 6) is 0.747. The molecule has 1 fully saturated rings. The van der Waals surface area contributed by atoms with Gasteiger partial charge >= 0.3 is 0 Å². The summed E-state index contributed by atoms with van der Waals surface area (Å²) in [6.07, 6.45) is 3.72. The molecule has 0 amide bonds. The van der Waals surface area contributed by atoms with Gasteiger partial charge in [-0.25, -0.2) is 9.20 Å². The van der Waals surface area contributed by atoms with Crippen molar-refractivity contribution in [2.75, 3.05) is 27.2 Å². The van der Waals surface area contributed by atoms with Crippen LogP contribution in [-0.2, 0) is 0 Å². The monoisotopic (exact) mass is 415 g/mol. The maximum absolute atomic E-state index is 12.7. The molecule has 0 radical (unpaired) electrons. The number of hydrogen-bond donors (Lipinski definition) is 0. The molecule has 7 heteroatoms. The second-order valence-electron chi connectivity index (χ2n) is 8.02. The van der Waals surface area contributed by atoms with E-state index in [4.69, 9.17) is 14.9 Å². The van der Waals surface area contributed by atoms with Crippen LogP contribution < -0.4 is 10.3 Å². The van der Waals surface area contributed by atoms with Crippen LogP contribution >= 0.6 is 0 Å². The van der Waals surface area contributed by atoms with Crippen molar-refractivity contribution in [2.45, 2.75) is 18.9 Å². The predicted octanol–water partition coefficient (Wildman–Crippen LogP) is 3.50. The van der Waals surface area contributed by atoms with Gasteiger partial charge in [-0.05, 0) is 45.1 Å². The molecule has 4 aromatic rings.